The molecule has 0 aliphatic rings. The highest BCUT2D eigenvalue weighted by atomic mass is 35.5. The van der Waals surface area contributed by atoms with Crippen molar-refractivity contribution in [2.24, 2.45) is 0 Å². The van der Waals surface area contributed by atoms with E-state index < -0.39 is 5.91 Å². The molecule has 0 atom stereocenters. The van der Waals surface area contributed by atoms with Crippen molar-refractivity contribution in [3.63, 3.8) is 0 Å². The average Bonchev–Trinajstić information content (AvgIpc) is 2.30. The fraction of sp³-hybridized carbons (Fsp3) is 0.200. The minimum Gasteiger partial charge on any atom is -0.311 e. The Balaban J connectivity index is 2.37. The lowest BCUT2D eigenvalue weighted by atomic mass is 10.3. The lowest BCUT2D eigenvalue weighted by Crippen LogP contribution is -2.20. The van der Waals surface area contributed by atoms with Crippen molar-refractivity contribution in [2.75, 3.05) is 5.32 Å². The Kier molecular flexibility index (Phi) is 4.91. The SMILES string of the molecule is N#CNC(=O)CCC(=O)Nc1ccc(Cl)cn1. The lowest BCUT2D eigenvalue weighted by Gasteiger charge is -2.03. The van der Waals surface area contributed by atoms with Gasteiger partial charge in [-0.05, 0) is 12.1 Å². The largest absolute Gasteiger partial charge is 0.311 e. The van der Waals surface area contributed by atoms with Gasteiger partial charge in [-0.2, -0.15) is 5.26 Å². The van der Waals surface area contributed by atoms with Crippen molar-refractivity contribution >= 4 is 29.2 Å². The van der Waals surface area contributed by atoms with Crippen LogP contribution >= 0.6 is 11.6 Å². The molecular formula is C10H9ClN4O2. The summed E-state index contributed by atoms with van der Waals surface area (Å²) in [6.07, 6.45) is 2.83. The Morgan fingerprint density at radius 2 is 2.06 bits per heavy atom. The summed E-state index contributed by atoms with van der Waals surface area (Å²) in [5, 5.41) is 13.0. The molecule has 2 amide bonds. The molecule has 1 heterocycles. The molecule has 0 unspecified atom stereocenters. The number of aromatic nitrogens is 1. The van der Waals surface area contributed by atoms with Gasteiger partial charge in [0, 0.05) is 19.0 Å². The molecular weight excluding hydrogens is 244 g/mol. The Hall–Kier alpha value is -2.13. The van der Waals surface area contributed by atoms with E-state index in [1.54, 1.807) is 12.1 Å². The number of nitriles is 1. The van der Waals surface area contributed by atoms with Crippen LogP contribution in [0.3, 0.4) is 0 Å². The molecule has 0 saturated carbocycles. The molecule has 1 aromatic heterocycles. The topological polar surface area (TPSA) is 94.9 Å². The number of carbonyl (C=O) groups excluding carboxylic acids is 2. The average molecular weight is 253 g/mol. The fourth-order valence-electron chi connectivity index (χ4n) is 1.01. The van der Waals surface area contributed by atoms with E-state index >= 15 is 0 Å². The number of hydrogen-bond donors (Lipinski definition) is 2. The molecule has 0 spiro atoms. The fourth-order valence-corrected chi connectivity index (χ4v) is 1.12. The summed E-state index contributed by atoms with van der Waals surface area (Å²) in [5.41, 5.74) is 0. The predicted molar refractivity (Wildman–Crippen MR) is 60.9 cm³/mol. The standard InChI is InChI=1S/C10H9ClN4O2/c11-7-1-2-8(13-5-7)15-10(17)4-3-9(16)14-6-12/h1-2,5H,3-4H2,(H,14,16)(H,13,15,17). The van der Waals surface area contributed by atoms with Crippen LogP contribution in [-0.4, -0.2) is 16.8 Å². The van der Waals surface area contributed by atoms with Crippen LogP contribution in [0.5, 0.6) is 0 Å². The minimum atomic E-state index is -0.494. The van der Waals surface area contributed by atoms with Crippen LogP contribution in [0.1, 0.15) is 12.8 Å². The van der Waals surface area contributed by atoms with Crippen molar-refractivity contribution < 1.29 is 9.59 Å². The van der Waals surface area contributed by atoms with Crippen molar-refractivity contribution in [3.05, 3.63) is 23.4 Å². The lowest BCUT2D eigenvalue weighted by molar-refractivity contribution is -0.123. The Morgan fingerprint density at radius 3 is 2.65 bits per heavy atom. The highest BCUT2D eigenvalue weighted by Gasteiger charge is 2.07. The number of amides is 2. The van der Waals surface area contributed by atoms with Crippen LogP contribution in [-0.2, 0) is 9.59 Å². The third-order valence-electron chi connectivity index (χ3n) is 1.77. The number of carbonyl (C=O) groups is 2. The van der Waals surface area contributed by atoms with Gasteiger partial charge in [-0.1, -0.05) is 11.6 Å². The van der Waals surface area contributed by atoms with Crippen molar-refractivity contribution in [2.45, 2.75) is 12.8 Å². The van der Waals surface area contributed by atoms with Crippen LogP contribution in [0.25, 0.3) is 0 Å². The highest BCUT2D eigenvalue weighted by molar-refractivity contribution is 6.30. The summed E-state index contributed by atoms with van der Waals surface area (Å²) in [7, 11) is 0. The second kappa shape index (κ2) is 6.45. The molecule has 1 rings (SSSR count). The second-order valence-corrected chi connectivity index (χ2v) is 3.51. The summed E-state index contributed by atoms with van der Waals surface area (Å²) in [6.45, 7) is 0. The molecule has 0 aliphatic heterocycles. The molecule has 0 aliphatic carbocycles. The summed E-state index contributed by atoms with van der Waals surface area (Å²) in [5.74, 6) is -0.486. The van der Waals surface area contributed by atoms with E-state index in [9.17, 15) is 9.59 Å². The smallest absolute Gasteiger partial charge is 0.233 e. The maximum absolute atomic E-state index is 11.4. The van der Waals surface area contributed by atoms with E-state index in [0.717, 1.165) is 0 Å². The highest BCUT2D eigenvalue weighted by Crippen LogP contribution is 2.09. The normalized spacial score (nSPS) is 9.18. The maximum atomic E-state index is 11.4. The molecule has 0 saturated heterocycles. The van der Waals surface area contributed by atoms with E-state index in [1.165, 1.54) is 12.4 Å². The van der Waals surface area contributed by atoms with Gasteiger partial charge in [-0.25, -0.2) is 4.98 Å². The summed E-state index contributed by atoms with van der Waals surface area (Å²) >= 11 is 5.63. The number of rotatable bonds is 4. The molecule has 6 nitrogen and oxygen atoms in total. The number of hydrogen-bond acceptors (Lipinski definition) is 4. The van der Waals surface area contributed by atoms with E-state index in [4.69, 9.17) is 16.9 Å². The van der Waals surface area contributed by atoms with Gasteiger partial charge in [0.1, 0.15) is 5.82 Å². The van der Waals surface area contributed by atoms with Crippen LogP contribution in [0.4, 0.5) is 5.82 Å². The monoisotopic (exact) mass is 252 g/mol. The van der Waals surface area contributed by atoms with Gasteiger partial charge < -0.3 is 5.32 Å². The molecule has 17 heavy (non-hydrogen) atoms. The number of anilines is 1. The third-order valence-corrected chi connectivity index (χ3v) is 1.99. The molecule has 1 aromatic rings. The summed E-state index contributed by atoms with van der Waals surface area (Å²) in [4.78, 5) is 26.1. The Morgan fingerprint density at radius 1 is 1.35 bits per heavy atom. The predicted octanol–water partition coefficient (Wildman–Crippen LogP) is 1.05. The number of nitrogens with zero attached hydrogens (tertiary/aromatic N) is 2. The van der Waals surface area contributed by atoms with Crippen molar-refractivity contribution in [3.8, 4) is 6.19 Å². The first kappa shape index (κ1) is 12.9. The maximum Gasteiger partial charge on any atom is 0.233 e. The minimum absolute atomic E-state index is 0.0161. The zero-order valence-electron chi connectivity index (χ0n) is 8.74. The molecule has 2 N–H and O–H groups in total. The first-order valence-corrected chi connectivity index (χ1v) is 5.09. The Labute approximate surface area is 103 Å². The molecule has 7 heteroatoms. The van der Waals surface area contributed by atoms with Gasteiger partial charge in [-0.15, -0.1) is 0 Å². The first-order chi connectivity index (χ1) is 8.11. The van der Waals surface area contributed by atoms with Crippen molar-refractivity contribution in [1.29, 1.82) is 5.26 Å². The molecule has 0 fully saturated rings. The second-order valence-electron chi connectivity index (χ2n) is 3.07. The number of nitrogens with one attached hydrogen (secondary N) is 2. The van der Waals surface area contributed by atoms with Crippen molar-refractivity contribution in [1.82, 2.24) is 10.3 Å². The van der Waals surface area contributed by atoms with Gasteiger partial charge in [-0.3, -0.25) is 14.9 Å². The summed E-state index contributed by atoms with van der Waals surface area (Å²) < 4.78 is 0. The molecule has 0 bridgehead atoms. The molecule has 0 aromatic carbocycles. The van der Waals surface area contributed by atoms with Gasteiger partial charge in [0.05, 0.1) is 5.02 Å². The first-order valence-electron chi connectivity index (χ1n) is 4.71. The number of pyridine rings is 1. The zero-order valence-corrected chi connectivity index (χ0v) is 9.49. The Bertz CT molecular complexity index is 452. The summed E-state index contributed by atoms with van der Waals surface area (Å²) in [6, 6.07) is 3.14. The van der Waals surface area contributed by atoms with E-state index in [1.807, 2.05) is 5.32 Å². The van der Waals surface area contributed by atoms with Gasteiger partial charge in [0.2, 0.25) is 11.8 Å². The van der Waals surface area contributed by atoms with E-state index in [-0.39, 0.29) is 18.7 Å². The van der Waals surface area contributed by atoms with Crippen LogP contribution in [0.15, 0.2) is 18.3 Å². The van der Waals surface area contributed by atoms with Crippen LogP contribution < -0.4 is 10.6 Å². The van der Waals surface area contributed by atoms with Gasteiger partial charge in [0.15, 0.2) is 6.19 Å². The zero-order chi connectivity index (χ0) is 12.7. The van der Waals surface area contributed by atoms with E-state index in [2.05, 4.69) is 10.3 Å². The van der Waals surface area contributed by atoms with E-state index in [0.29, 0.717) is 10.8 Å². The number of halogens is 1. The van der Waals surface area contributed by atoms with Gasteiger partial charge in [0.25, 0.3) is 0 Å². The van der Waals surface area contributed by atoms with Crippen LogP contribution in [0.2, 0.25) is 5.02 Å². The molecule has 0 radical (unpaired) electrons. The third kappa shape index (κ3) is 4.95. The molecule has 88 valence electrons. The van der Waals surface area contributed by atoms with Gasteiger partial charge >= 0.3 is 0 Å². The quantitative estimate of drug-likeness (QED) is 0.618. The van der Waals surface area contributed by atoms with Crippen LogP contribution in [0, 0.1) is 11.5 Å².